The van der Waals surface area contributed by atoms with Crippen LogP contribution in [0.3, 0.4) is 0 Å². The Hall–Kier alpha value is -0.960. The first-order chi connectivity index (χ1) is 8.58. The summed E-state index contributed by atoms with van der Waals surface area (Å²) in [5.74, 6) is 0.426. The SMILES string of the molecule is CC(C)[C@@H]1CCCN(Cc2c(F)cccc2F)C1. The van der Waals surface area contributed by atoms with E-state index >= 15 is 0 Å². The zero-order valence-electron chi connectivity index (χ0n) is 11.1. The molecule has 0 spiro atoms. The van der Waals surface area contributed by atoms with Crippen molar-refractivity contribution >= 4 is 0 Å². The summed E-state index contributed by atoms with van der Waals surface area (Å²) in [4.78, 5) is 2.18. The molecule has 1 fully saturated rings. The van der Waals surface area contributed by atoms with Crippen LogP contribution in [-0.2, 0) is 6.54 Å². The van der Waals surface area contributed by atoms with Crippen molar-refractivity contribution in [1.82, 2.24) is 4.90 Å². The lowest BCUT2D eigenvalue weighted by atomic mass is 9.88. The molecule has 1 saturated heterocycles. The van der Waals surface area contributed by atoms with E-state index in [1.807, 2.05) is 0 Å². The van der Waals surface area contributed by atoms with Gasteiger partial charge in [-0.2, -0.15) is 0 Å². The zero-order chi connectivity index (χ0) is 13.1. The molecule has 1 nitrogen and oxygen atoms in total. The Kier molecular flexibility index (Phi) is 4.33. The van der Waals surface area contributed by atoms with E-state index in [1.165, 1.54) is 24.6 Å². The van der Waals surface area contributed by atoms with Crippen LogP contribution in [0.1, 0.15) is 32.3 Å². The van der Waals surface area contributed by atoms with Gasteiger partial charge >= 0.3 is 0 Å². The molecule has 18 heavy (non-hydrogen) atoms. The molecule has 1 aliphatic heterocycles. The second kappa shape index (κ2) is 5.79. The highest BCUT2D eigenvalue weighted by Gasteiger charge is 2.23. The molecule has 100 valence electrons. The fourth-order valence-corrected chi connectivity index (χ4v) is 2.69. The molecule has 3 heteroatoms. The van der Waals surface area contributed by atoms with Gasteiger partial charge in [0.1, 0.15) is 11.6 Å². The summed E-state index contributed by atoms with van der Waals surface area (Å²) in [6.45, 7) is 6.72. The summed E-state index contributed by atoms with van der Waals surface area (Å²) in [7, 11) is 0. The minimum absolute atomic E-state index is 0.210. The van der Waals surface area contributed by atoms with Gasteiger partial charge in [-0.3, -0.25) is 4.90 Å². The summed E-state index contributed by atoms with van der Waals surface area (Å²) in [5, 5.41) is 0. The van der Waals surface area contributed by atoms with Crippen molar-refractivity contribution in [2.75, 3.05) is 13.1 Å². The van der Waals surface area contributed by atoms with Gasteiger partial charge < -0.3 is 0 Å². The first-order valence-corrected chi connectivity index (χ1v) is 6.73. The van der Waals surface area contributed by atoms with E-state index in [-0.39, 0.29) is 5.56 Å². The van der Waals surface area contributed by atoms with Crippen LogP contribution in [0.25, 0.3) is 0 Å². The summed E-state index contributed by atoms with van der Waals surface area (Å²) in [6.07, 6.45) is 2.35. The van der Waals surface area contributed by atoms with Gasteiger partial charge in [0.25, 0.3) is 0 Å². The summed E-state index contributed by atoms with van der Waals surface area (Å²) >= 11 is 0. The quantitative estimate of drug-likeness (QED) is 0.791. The fourth-order valence-electron chi connectivity index (χ4n) is 2.69. The fraction of sp³-hybridized carbons (Fsp3) is 0.600. The van der Waals surface area contributed by atoms with Crippen molar-refractivity contribution in [3.05, 3.63) is 35.4 Å². The molecule has 0 saturated carbocycles. The Morgan fingerprint density at radius 1 is 1.28 bits per heavy atom. The third kappa shape index (κ3) is 3.08. The van der Waals surface area contributed by atoms with E-state index in [9.17, 15) is 8.78 Å². The lowest BCUT2D eigenvalue weighted by Crippen LogP contribution is -2.37. The van der Waals surface area contributed by atoms with Crippen molar-refractivity contribution < 1.29 is 8.78 Å². The number of rotatable bonds is 3. The highest BCUT2D eigenvalue weighted by Crippen LogP contribution is 2.25. The molecular formula is C15H21F2N. The first-order valence-electron chi connectivity index (χ1n) is 6.73. The van der Waals surface area contributed by atoms with E-state index in [0.29, 0.717) is 18.4 Å². The van der Waals surface area contributed by atoms with Crippen LogP contribution in [0, 0.1) is 23.5 Å². The highest BCUT2D eigenvalue weighted by atomic mass is 19.1. The van der Waals surface area contributed by atoms with Crippen LogP contribution in [-0.4, -0.2) is 18.0 Å². The van der Waals surface area contributed by atoms with Gasteiger partial charge in [-0.1, -0.05) is 19.9 Å². The number of halogens is 2. The maximum Gasteiger partial charge on any atom is 0.130 e. The molecule has 1 aromatic carbocycles. The van der Waals surface area contributed by atoms with E-state index < -0.39 is 11.6 Å². The van der Waals surface area contributed by atoms with Crippen LogP contribution >= 0.6 is 0 Å². The average molecular weight is 253 g/mol. The lowest BCUT2D eigenvalue weighted by Gasteiger charge is -2.34. The average Bonchev–Trinajstić information content (AvgIpc) is 2.34. The van der Waals surface area contributed by atoms with Gasteiger partial charge in [-0.15, -0.1) is 0 Å². The molecule has 1 aromatic rings. The zero-order valence-corrected chi connectivity index (χ0v) is 11.1. The van der Waals surface area contributed by atoms with Gasteiger partial charge in [0.15, 0.2) is 0 Å². The minimum atomic E-state index is -0.429. The molecule has 0 amide bonds. The van der Waals surface area contributed by atoms with E-state index in [1.54, 1.807) is 0 Å². The highest BCUT2D eigenvalue weighted by molar-refractivity contribution is 5.19. The largest absolute Gasteiger partial charge is 0.299 e. The first kappa shape index (κ1) is 13.5. The molecule has 2 rings (SSSR count). The third-order valence-electron chi connectivity index (χ3n) is 3.93. The topological polar surface area (TPSA) is 3.24 Å². The van der Waals surface area contributed by atoms with Crippen LogP contribution in [0.5, 0.6) is 0 Å². The van der Waals surface area contributed by atoms with Crippen molar-refractivity contribution in [3.63, 3.8) is 0 Å². The standard InChI is InChI=1S/C15H21F2N/c1-11(2)12-5-4-8-18(9-12)10-13-14(16)6-3-7-15(13)17/h3,6-7,11-12H,4-5,8-10H2,1-2H3/t12-/m1/s1. The van der Waals surface area contributed by atoms with E-state index in [2.05, 4.69) is 18.7 Å². The predicted molar refractivity (Wildman–Crippen MR) is 69.2 cm³/mol. The summed E-state index contributed by atoms with van der Waals surface area (Å²) < 4.78 is 27.2. The smallest absolute Gasteiger partial charge is 0.130 e. The number of hydrogen-bond donors (Lipinski definition) is 0. The maximum atomic E-state index is 13.6. The van der Waals surface area contributed by atoms with Crippen molar-refractivity contribution in [3.8, 4) is 0 Å². The van der Waals surface area contributed by atoms with Gasteiger partial charge in [0, 0.05) is 18.7 Å². The molecule has 0 aliphatic carbocycles. The molecule has 0 N–H and O–H groups in total. The predicted octanol–water partition coefficient (Wildman–Crippen LogP) is 3.83. The summed E-state index contributed by atoms with van der Waals surface area (Å²) in [6, 6.07) is 4.09. The molecule has 0 unspecified atom stereocenters. The number of nitrogens with zero attached hydrogens (tertiary/aromatic N) is 1. The Balaban J connectivity index is 2.05. The maximum absolute atomic E-state index is 13.6. The molecule has 0 aromatic heterocycles. The monoisotopic (exact) mass is 253 g/mol. The molecular weight excluding hydrogens is 232 g/mol. The minimum Gasteiger partial charge on any atom is -0.299 e. The normalized spacial score (nSPS) is 21.5. The number of benzene rings is 1. The second-order valence-electron chi connectivity index (χ2n) is 5.58. The Morgan fingerprint density at radius 2 is 1.94 bits per heavy atom. The van der Waals surface area contributed by atoms with Crippen LogP contribution in [0.2, 0.25) is 0 Å². The van der Waals surface area contributed by atoms with Gasteiger partial charge in [-0.05, 0) is 43.4 Å². The lowest BCUT2D eigenvalue weighted by molar-refractivity contribution is 0.136. The molecule has 1 heterocycles. The van der Waals surface area contributed by atoms with Crippen LogP contribution in [0.4, 0.5) is 8.78 Å². The number of piperidine rings is 1. The van der Waals surface area contributed by atoms with Crippen molar-refractivity contribution in [2.45, 2.75) is 33.2 Å². The Bertz CT molecular complexity index is 383. The van der Waals surface area contributed by atoms with Crippen molar-refractivity contribution in [1.29, 1.82) is 0 Å². The van der Waals surface area contributed by atoms with E-state index in [0.717, 1.165) is 19.5 Å². The van der Waals surface area contributed by atoms with Gasteiger partial charge in [-0.25, -0.2) is 8.78 Å². The van der Waals surface area contributed by atoms with Crippen molar-refractivity contribution in [2.24, 2.45) is 11.8 Å². The number of hydrogen-bond acceptors (Lipinski definition) is 1. The summed E-state index contributed by atoms with van der Waals surface area (Å²) in [5.41, 5.74) is 0.210. The second-order valence-corrected chi connectivity index (χ2v) is 5.58. The number of likely N-dealkylation sites (tertiary alicyclic amines) is 1. The van der Waals surface area contributed by atoms with Gasteiger partial charge in [0.05, 0.1) is 0 Å². The van der Waals surface area contributed by atoms with Gasteiger partial charge in [0.2, 0.25) is 0 Å². The third-order valence-corrected chi connectivity index (χ3v) is 3.93. The van der Waals surface area contributed by atoms with Crippen LogP contribution in [0.15, 0.2) is 18.2 Å². The van der Waals surface area contributed by atoms with E-state index in [4.69, 9.17) is 0 Å². The Morgan fingerprint density at radius 3 is 2.56 bits per heavy atom. The molecule has 1 atom stereocenters. The van der Waals surface area contributed by atoms with Crippen LogP contribution < -0.4 is 0 Å². The Labute approximate surface area is 108 Å². The molecule has 1 aliphatic rings. The molecule has 0 radical (unpaired) electrons. The molecule has 0 bridgehead atoms.